The van der Waals surface area contributed by atoms with Crippen molar-refractivity contribution < 1.29 is 13.2 Å². The highest BCUT2D eigenvalue weighted by molar-refractivity contribution is 5.78. The number of guanidine groups is 1. The number of pyridine rings is 1. The zero-order chi connectivity index (χ0) is 16.5. The van der Waals surface area contributed by atoms with Crippen molar-refractivity contribution in [2.24, 2.45) is 10.7 Å². The van der Waals surface area contributed by atoms with Crippen LogP contribution in [0.3, 0.4) is 0 Å². The van der Waals surface area contributed by atoms with Crippen molar-refractivity contribution in [2.75, 3.05) is 0 Å². The van der Waals surface area contributed by atoms with Crippen LogP contribution in [0.4, 0.5) is 13.2 Å². The first-order chi connectivity index (χ1) is 10.1. The highest BCUT2D eigenvalue weighted by Gasteiger charge is 2.31. The molecule has 2 aromatic rings. The van der Waals surface area contributed by atoms with Crippen molar-refractivity contribution in [1.82, 2.24) is 19.9 Å². The number of rotatable bonds is 2. The van der Waals surface area contributed by atoms with Crippen LogP contribution in [0.1, 0.15) is 32.2 Å². The summed E-state index contributed by atoms with van der Waals surface area (Å²) >= 11 is 0. The monoisotopic (exact) mass is 314 g/mol. The van der Waals surface area contributed by atoms with Gasteiger partial charge >= 0.3 is 6.18 Å². The van der Waals surface area contributed by atoms with Gasteiger partial charge in [-0.25, -0.2) is 4.99 Å². The summed E-state index contributed by atoms with van der Waals surface area (Å²) in [6.45, 7) is 5.77. The van der Waals surface area contributed by atoms with Crippen LogP contribution in [0.25, 0.3) is 5.65 Å². The smallest absolute Gasteiger partial charge is 0.370 e. The molecule has 0 amide bonds. The molecule has 0 atom stereocenters. The molecule has 0 saturated carbocycles. The Morgan fingerprint density at radius 1 is 1.27 bits per heavy atom. The summed E-state index contributed by atoms with van der Waals surface area (Å²) in [5.41, 5.74) is 5.01. The topological polar surface area (TPSA) is 80.6 Å². The summed E-state index contributed by atoms with van der Waals surface area (Å²) in [6.07, 6.45) is -3.47. The van der Waals surface area contributed by atoms with E-state index < -0.39 is 11.7 Å². The average molecular weight is 314 g/mol. The molecule has 22 heavy (non-hydrogen) atoms. The maximum Gasteiger partial charge on any atom is 0.417 e. The van der Waals surface area contributed by atoms with Crippen LogP contribution in [0.15, 0.2) is 23.3 Å². The van der Waals surface area contributed by atoms with Crippen LogP contribution in [0, 0.1) is 0 Å². The van der Waals surface area contributed by atoms with E-state index in [0.717, 1.165) is 12.3 Å². The molecule has 120 valence electrons. The van der Waals surface area contributed by atoms with Gasteiger partial charge in [-0.05, 0) is 32.9 Å². The number of hydrogen-bond acceptors (Lipinski definition) is 3. The Labute approximate surface area is 125 Å². The van der Waals surface area contributed by atoms with E-state index in [9.17, 15) is 13.2 Å². The van der Waals surface area contributed by atoms with Crippen LogP contribution < -0.4 is 11.1 Å². The Bertz CT molecular complexity index is 696. The molecular weight excluding hydrogens is 297 g/mol. The highest BCUT2D eigenvalue weighted by Crippen LogP contribution is 2.29. The second kappa shape index (κ2) is 5.47. The average Bonchev–Trinajstić information content (AvgIpc) is 2.75. The molecule has 0 spiro atoms. The summed E-state index contributed by atoms with van der Waals surface area (Å²) in [7, 11) is 0. The molecule has 0 aromatic carbocycles. The quantitative estimate of drug-likeness (QED) is 0.656. The number of halogens is 3. The summed E-state index contributed by atoms with van der Waals surface area (Å²) in [5, 5.41) is 10.6. The molecule has 2 rings (SSSR count). The molecule has 6 nitrogen and oxygen atoms in total. The first-order valence-corrected chi connectivity index (χ1v) is 6.55. The third kappa shape index (κ3) is 3.86. The molecule has 0 fully saturated rings. The Hall–Kier alpha value is -2.32. The normalized spacial score (nSPS) is 13.6. The summed E-state index contributed by atoms with van der Waals surface area (Å²) in [6, 6.07) is 2.23. The van der Waals surface area contributed by atoms with Crippen molar-refractivity contribution in [1.29, 1.82) is 0 Å². The van der Waals surface area contributed by atoms with E-state index >= 15 is 0 Å². The largest absolute Gasteiger partial charge is 0.417 e. The number of aliphatic imine (C=N–C) groups is 1. The molecule has 0 aliphatic rings. The lowest BCUT2D eigenvalue weighted by molar-refractivity contribution is -0.137. The first kappa shape index (κ1) is 16.1. The lowest BCUT2D eigenvalue weighted by Crippen LogP contribution is -2.45. The van der Waals surface area contributed by atoms with Crippen molar-refractivity contribution in [3.63, 3.8) is 0 Å². The molecular formula is C13H17F3N6. The molecule has 3 N–H and O–H groups in total. The van der Waals surface area contributed by atoms with E-state index in [2.05, 4.69) is 20.5 Å². The minimum atomic E-state index is -4.42. The zero-order valence-corrected chi connectivity index (χ0v) is 12.4. The van der Waals surface area contributed by atoms with Gasteiger partial charge in [0.25, 0.3) is 0 Å². The zero-order valence-electron chi connectivity index (χ0n) is 12.4. The predicted molar refractivity (Wildman–Crippen MR) is 76.2 cm³/mol. The predicted octanol–water partition coefficient (Wildman–Crippen LogP) is 1.95. The van der Waals surface area contributed by atoms with Gasteiger partial charge in [0.05, 0.1) is 5.56 Å². The number of nitrogens with zero attached hydrogens (tertiary/aromatic N) is 4. The Morgan fingerprint density at radius 3 is 2.55 bits per heavy atom. The Morgan fingerprint density at radius 2 is 1.95 bits per heavy atom. The maximum atomic E-state index is 12.7. The number of fused-ring (bicyclic) bond motifs is 1. The van der Waals surface area contributed by atoms with Gasteiger partial charge in [-0.1, -0.05) is 0 Å². The summed E-state index contributed by atoms with van der Waals surface area (Å²) in [5.74, 6) is 0.469. The SMILES string of the molecule is CC(C)(C)NC(N)=NCc1nnc2ccc(C(F)(F)F)cn12. The molecule has 0 aliphatic carbocycles. The second-order valence-electron chi connectivity index (χ2n) is 5.84. The number of hydrogen-bond donors (Lipinski definition) is 2. The van der Waals surface area contributed by atoms with Gasteiger partial charge in [-0.2, -0.15) is 13.2 Å². The molecule has 0 bridgehead atoms. The van der Waals surface area contributed by atoms with Gasteiger partial charge in [-0.3, -0.25) is 4.40 Å². The highest BCUT2D eigenvalue weighted by atomic mass is 19.4. The third-order valence-corrected chi connectivity index (χ3v) is 2.69. The van der Waals surface area contributed by atoms with Crippen molar-refractivity contribution >= 4 is 11.6 Å². The van der Waals surface area contributed by atoms with Gasteiger partial charge in [0.2, 0.25) is 0 Å². The van der Waals surface area contributed by atoms with Gasteiger partial charge in [0, 0.05) is 11.7 Å². The van der Waals surface area contributed by atoms with E-state index in [0.29, 0.717) is 5.65 Å². The van der Waals surface area contributed by atoms with E-state index in [-0.39, 0.29) is 23.9 Å². The van der Waals surface area contributed by atoms with Crippen molar-refractivity contribution in [3.05, 3.63) is 29.7 Å². The summed E-state index contributed by atoms with van der Waals surface area (Å²) < 4.78 is 39.5. The third-order valence-electron chi connectivity index (χ3n) is 2.69. The van der Waals surface area contributed by atoms with Gasteiger partial charge < -0.3 is 11.1 Å². The van der Waals surface area contributed by atoms with Crippen molar-refractivity contribution in [3.8, 4) is 0 Å². The molecule has 2 heterocycles. The van der Waals surface area contributed by atoms with E-state index in [1.54, 1.807) is 0 Å². The maximum absolute atomic E-state index is 12.7. The van der Waals surface area contributed by atoms with Gasteiger partial charge in [-0.15, -0.1) is 10.2 Å². The standard InChI is InChI=1S/C13H17F3N6/c1-12(2,3)19-11(17)18-6-10-21-20-9-5-4-8(7-22(9)10)13(14,15)16/h4-5,7H,6H2,1-3H3,(H3,17,18,19). The minimum Gasteiger partial charge on any atom is -0.370 e. The molecule has 0 saturated heterocycles. The second-order valence-corrected chi connectivity index (χ2v) is 5.84. The number of nitrogens with two attached hydrogens (primary N) is 1. The van der Waals surface area contributed by atoms with Crippen LogP contribution in [0.2, 0.25) is 0 Å². The molecule has 0 unspecified atom stereocenters. The fourth-order valence-corrected chi connectivity index (χ4v) is 1.79. The number of aromatic nitrogens is 3. The van der Waals surface area contributed by atoms with E-state index in [4.69, 9.17) is 5.73 Å². The fourth-order valence-electron chi connectivity index (χ4n) is 1.79. The lowest BCUT2D eigenvalue weighted by atomic mass is 10.1. The molecule has 9 heteroatoms. The van der Waals surface area contributed by atoms with Gasteiger partial charge in [0.15, 0.2) is 17.4 Å². The number of alkyl halides is 3. The lowest BCUT2D eigenvalue weighted by Gasteiger charge is -2.20. The van der Waals surface area contributed by atoms with Crippen LogP contribution in [-0.2, 0) is 12.7 Å². The van der Waals surface area contributed by atoms with E-state index in [1.807, 2.05) is 20.8 Å². The Kier molecular flexibility index (Phi) is 3.99. The first-order valence-electron chi connectivity index (χ1n) is 6.55. The van der Waals surface area contributed by atoms with Crippen LogP contribution >= 0.6 is 0 Å². The molecule has 2 aromatic heterocycles. The van der Waals surface area contributed by atoms with E-state index in [1.165, 1.54) is 10.5 Å². The van der Waals surface area contributed by atoms with Crippen molar-refractivity contribution in [2.45, 2.75) is 39.0 Å². The molecule has 0 aliphatic heterocycles. The Balaban J connectivity index is 2.27. The summed E-state index contributed by atoms with van der Waals surface area (Å²) in [4.78, 5) is 4.07. The number of nitrogens with one attached hydrogen (secondary N) is 1. The fraction of sp³-hybridized carbons (Fsp3) is 0.462. The van der Waals surface area contributed by atoms with Crippen LogP contribution in [0.5, 0.6) is 0 Å². The minimum absolute atomic E-state index is 0.0252. The van der Waals surface area contributed by atoms with Gasteiger partial charge in [0.1, 0.15) is 6.54 Å². The molecule has 0 radical (unpaired) electrons. The van der Waals surface area contributed by atoms with Crippen LogP contribution in [-0.4, -0.2) is 26.1 Å².